The number of methoxy groups -OCH3 is 1. The zero-order valence-electron chi connectivity index (χ0n) is 17.2. The van der Waals surface area contributed by atoms with Crippen LogP contribution in [0.25, 0.3) is 22.6 Å². The maximum absolute atomic E-state index is 6.00. The van der Waals surface area contributed by atoms with Gasteiger partial charge in [0.25, 0.3) is 0 Å². The molecule has 0 unspecified atom stereocenters. The highest BCUT2D eigenvalue weighted by Gasteiger charge is 2.13. The Morgan fingerprint density at radius 3 is 2.53 bits per heavy atom. The van der Waals surface area contributed by atoms with Crippen LogP contribution in [0.2, 0.25) is 0 Å². The molecule has 4 rings (SSSR count). The molecule has 0 atom stereocenters. The smallest absolute Gasteiger partial charge is 0.221 e. The van der Waals surface area contributed by atoms with Crippen molar-refractivity contribution in [3.63, 3.8) is 0 Å². The summed E-state index contributed by atoms with van der Waals surface area (Å²) in [4.78, 5) is 13.3. The molecule has 0 aliphatic rings. The zero-order chi connectivity index (χ0) is 21.1. The molecule has 152 valence electrons. The van der Waals surface area contributed by atoms with Crippen LogP contribution < -0.4 is 5.73 Å². The maximum Gasteiger partial charge on any atom is 0.221 e. The van der Waals surface area contributed by atoms with E-state index in [4.69, 9.17) is 10.5 Å². The number of rotatable bonds is 6. The number of nitrogens with zero attached hydrogens (tertiary/aromatic N) is 6. The molecular formula is C22H23N7O. The van der Waals surface area contributed by atoms with Crippen LogP contribution in [-0.4, -0.2) is 37.1 Å². The van der Waals surface area contributed by atoms with Gasteiger partial charge in [0.1, 0.15) is 5.69 Å². The van der Waals surface area contributed by atoms with E-state index in [0.717, 1.165) is 28.2 Å². The lowest BCUT2D eigenvalue weighted by Crippen LogP contribution is -2.04. The summed E-state index contributed by atoms with van der Waals surface area (Å²) in [5, 5.41) is 8.49. The summed E-state index contributed by atoms with van der Waals surface area (Å²) < 4.78 is 6.87. The van der Waals surface area contributed by atoms with Crippen LogP contribution in [0, 0.1) is 13.8 Å². The third kappa shape index (κ3) is 4.18. The van der Waals surface area contributed by atoms with Crippen LogP contribution in [0.4, 0.5) is 5.95 Å². The Morgan fingerprint density at radius 1 is 0.933 bits per heavy atom. The number of nitrogen functional groups attached to an aromatic ring is 1. The standard InChI is InChI=1S/C22H23N7O/c1-14-6-4-9-18(15(14)2)19-10-20(26-22(23)25-19)21-12-29(28-27-21)11-16-7-5-8-17(24-16)13-30-3/h4-10,12H,11,13H2,1-3H3,(H2,23,25,26). The Bertz CT molecular complexity index is 1190. The van der Waals surface area contributed by atoms with Gasteiger partial charge in [-0.05, 0) is 43.2 Å². The van der Waals surface area contributed by atoms with E-state index in [2.05, 4.69) is 45.2 Å². The largest absolute Gasteiger partial charge is 0.378 e. The fraction of sp³-hybridized carbons (Fsp3) is 0.227. The molecular weight excluding hydrogens is 378 g/mol. The third-order valence-electron chi connectivity index (χ3n) is 4.91. The topological polar surface area (TPSA) is 105 Å². The summed E-state index contributed by atoms with van der Waals surface area (Å²) in [6.45, 7) is 5.11. The van der Waals surface area contributed by atoms with E-state index in [0.29, 0.717) is 24.5 Å². The van der Waals surface area contributed by atoms with Crippen LogP contribution in [0.5, 0.6) is 0 Å². The number of hydrogen-bond donors (Lipinski definition) is 1. The van der Waals surface area contributed by atoms with Gasteiger partial charge < -0.3 is 10.5 Å². The molecule has 0 spiro atoms. The van der Waals surface area contributed by atoms with E-state index >= 15 is 0 Å². The summed E-state index contributed by atoms with van der Waals surface area (Å²) in [5.74, 6) is 0.201. The number of anilines is 1. The average Bonchev–Trinajstić information content (AvgIpc) is 3.19. The second-order valence-electron chi connectivity index (χ2n) is 7.10. The molecule has 0 saturated heterocycles. The SMILES string of the molecule is COCc1cccc(Cn2cc(-c3cc(-c4cccc(C)c4C)nc(N)n3)nn2)n1. The number of ether oxygens (including phenoxy) is 1. The first-order chi connectivity index (χ1) is 14.5. The van der Waals surface area contributed by atoms with Crippen LogP contribution >= 0.6 is 0 Å². The molecule has 3 aromatic heterocycles. The molecule has 0 amide bonds. The van der Waals surface area contributed by atoms with E-state index in [1.807, 2.05) is 42.6 Å². The molecule has 0 bridgehead atoms. The van der Waals surface area contributed by atoms with Gasteiger partial charge in [-0.25, -0.2) is 14.6 Å². The van der Waals surface area contributed by atoms with E-state index in [1.165, 1.54) is 5.56 Å². The first-order valence-electron chi connectivity index (χ1n) is 9.59. The summed E-state index contributed by atoms with van der Waals surface area (Å²) in [6.07, 6.45) is 1.83. The van der Waals surface area contributed by atoms with Gasteiger partial charge in [0.2, 0.25) is 5.95 Å². The van der Waals surface area contributed by atoms with Crippen LogP contribution in [0.15, 0.2) is 48.7 Å². The minimum atomic E-state index is 0.201. The van der Waals surface area contributed by atoms with Crippen molar-refractivity contribution in [2.24, 2.45) is 0 Å². The highest BCUT2D eigenvalue weighted by Crippen LogP contribution is 2.27. The highest BCUT2D eigenvalue weighted by atomic mass is 16.5. The van der Waals surface area contributed by atoms with Crippen LogP contribution in [0.3, 0.4) is 0 Å². The lowest BCUT2D eigenvalue weighted by Gasteiger charge is -2.09. The van der Waals surface area contributed by atoms with Gasteiger partial charge in [0.15, 0.2) is 0 Å². The average molecular weight is 401 g/mol. The predicted molar refractivity (Wildman–Crippen MR) is 114 cm³/mol. The Labute approximate surface area is 174 Å². The van der Waals surface area contributed by atoms with Crippen molar-refractivity contribution in [2.45, 2.75) is 27.0 Å². The third-order valence-corrected chi connectivity index (χ3v) is 4.91. The van der Waals surface area contributed by atoms with Crippen molar-refractivity contribution in [1.29, 1.82) is 0 Å². The normalized spacial score (nSPS) is 11.0. The molecule has 0 aliphatic carbocycles. The van der Waals surface area contributed by atoms with Crippen molar-refractivity contribution in [2.75, 3.05) is 12.8 Å². The van der Waals surface area contributed by atoms with E-state index in [9.17, 15) is 0 Å². The number of pyridine rings is 1. The molecule has 0 fully saturated rings. The Balaban J connectivity index is 1.63. The first-order valence-corrected chi connectivity index (χ1v) is 9.59. The maximum atomic E-state index is 6.00. The van der Waals surface area contributed by atoms with Gasteiger partial charge in [-0.1, -0.05) is 29.5 Å². The van der Waals surface area contributed by atoms with Gasteiger partial charge in [-0.15, -0.1) is 5.10 Å². The number of aromatic nitrogens is 6. The van der Waals surface area contributed by atoms with Crippen molar-refractivity contribution in [3.05, 3.63) is 71.2 Å². The molecule has 2 N–H and O–H groups in total. The molecule has 0 aliphatic heterocycles. The lowest BCUT2D eigenvalue weighted by molar-refractivity contribution is 0.181. The van der Waals surface area contributed by atoms with Gasteiger partial charge in [0, 0.05) is 12.7 Å². The van der Waals surface area contributed by atoms with Crippen molar-refractivity contribution in [3.8, 4) is 22.6 Å². The van der Waals surface area contributed by atoms with E-state index in [-0.39, 0.29) is 5.95 Å². The number of benzene rings is 1. The second-order valence-corrected chi connectivity index (χ2v) is 7.10. The van der Waals surface area contributed by atoms with Gasteiger partial charge in [-0.2, -0.15) is 0 Å². The number of aryl methyl sites for hydroxylation is 1. The number of nitrogens with two attached hydrogens (primary N) is 1. The minimum absolute atomic E-state index is 0.201. The summed E-state index contributed by atoms with van der Waals surface area (Å²) >= 11 is 0. The molecule has 1 aromatic carbocycles. The molecule has 4 aromatic rings. The quantitative estimate of drug-likeness (QED) is 0.529. The second kappa shape index (κ2) is 8.38. The summed E-state index contributed by atoms with van der Waals surface area (Å²) in [5.41, 5.74) is 13.1. The van der Waals surface area contributed by atoms with Gasteiger partial charge >= 0.3 is 0 Å². The van der Waals surface area contributed by atoms with Crippen molar-refractivity contribution < 1.29 is 4.74 Å². The van der Waals surface area contributed by atoms with Crippen LogP contribution in [-0.2, 0) is 17.9 Å². The molecule has 0 radical (unpaired) electrons. The predicted octanol–water partition coefficient (Wildman–Crippen LogP) is 3.19. The van der Waals surface area contributed by atoms with E-state index < -0.39 is 0 Å². The Kier molecular flexibility index (Phi) is 5.49. The Morgan fingerprint density at radius 2 is 1.70 bits per heavy atom. The summed E-state index contributed by atoms with van der Waals surface area (Å²) in [7, 11) is 1.65. The van der Waals surface area contributed by atoms with Gasteiger partial charge in [-0.3, -0.25) is 4.98 Å². The van der Waals surface area contributed by atoms with Crippen molar-refractivity contribution >= 4 is 5.95 Å². The van der Waals surface area contributed by atoms with Crippen LogP contribution in [0.1, 0.15) is 22.5 Å². The fourth-order valence-corrected chi connectivity index (χ4v) is 3.27. The fourth-order valence-electron chi connectivity index (χ4n) is 3.27. The van der Waals surface area contributed by atoms with Gasteiger partial charge in [0.05, 0.1) is 42.1 Å². The molecule has 0 saturated carbocycles. The minimum Gasteiger partial charge on any atom is -0.378 e. The zero-order valence-corrected chi connectivity index (χ0v) is 17.2. The monoisotopic (exact) mass is 401 g/mol. The highest BCUT2D eigenvalue weighted by molar-refractivity contribution is 5.70. The molecule has 8 heteroatoms. The molecule has 3 heterocycles. The number of hydrogen-bond acceptors (Lipinski definition) is 7. The first kappa shape index (κ1) is 19.7. The van der Waals surface area contributed by atoms with Crippen molar-refractivity contribution in [1.82, 2.24) is 29.9 Å². The molecule has 8 nitrogen and oxygen atoms in total. The molecule has 30 heavy (non-hydrogen) atoms. The Hall–Kier alpha value is -3.65. The van der Waals surface area contributed by atoms with E-state index in [1.54, 1.807) is 11.8 Å². The lowest BCUT2D eigenvalue weighted by atomic mass is 10.0. The summed E-state index contributed by atoms with van der Waals surface area (Å²) in [6, 6.07) is 13.8.